The van der Waals surface area contributed by atoms with Crippen molar-refractivity contribution in [2.24, 2.45) is 5.92 Å². The Morgan fingerprint density at radius 1 is 1.40 bits per heavy atom. The van der Waals surface area contributed by atoms with Gasteiger partial charge < -0.3 is 9.84 Å². The van der Waals surface area contributed by atoms with E-state index >= 15 is 0 Å². The molecule has 2 heterocycles. The minimum Gasteiger partial charge on any atom is -0.393 e. The van der Waals surface area contributed by atoms with E-state index in [1.54, 1.807) is 6.07 Å². The molecular formula is C15H21FN2O2. The maximum atomic E-state index is 12.9. The van der Waals surface area contributed by atoms with Gasteiger partial charge in [-0.1, -0.05) is 6.42 Å². The van der Waals surface area contributed by atoms with Crippen LogP contribution in [0.4, 0.5) is 4.39 Å². The highest BCUT2D eigenvalue weighted by Crippen LogP contribution is 2.32. The summed E-state index contributed by atoms with van der Waals surface area (Å²) in [6, 6.07) is 3.42. The lowest BCUT2D eigenvalue weighted by molar-refractivity contribution is -0.0540. The van der Waals surface area contributed by atoms with Crippen molar-refractivity contribution in [1.29, 1.82) is 0 Å². The van der Waals surface area contributed by atoms with Gasteiger partial charge in [-0.2, -0.15) is 0 Å². The van der Waals surface area contributed by atoms with E-state index < -0.39 is 0 Å². The first kappa shape index (κ1) is 13.9. The molecule has 5 heteroatoms. The third kappa shape index (κ3) is 3.00. The molecule has 3 atom stereocenters. The molecule has 2 aliphatic rings. The molecule has 4 nitrogen and oxygen atoms in total. The fourth-order valence-electron chi connectivity index (χ4n) is 3.37. The van der Waals surface area contributed by atoms with Gasteiger partial charge in [0.25, 0.3) is 0 Å². The predicted octanol–water partition coefficient (Wildman–Crippen LogP) is 1.58. The van der Waals surface area contributed by atoms with Crippen LogP contribution in [0, 0.1) is 11.7 Å². The predicted molar refractivity (Wildman–Crippen MR) is 72.6 cm³/mol. The number of halogens is 1. The van der Waals surface area contributed by atoms with Crippen LogP contribution in [0.25, 0.3) is 0 Å². The average molecular weight is 280 g/mol. The monoisotopic (exact) mass is 280 g/mol. The van der Waals surface area contributed by atoms with Crippen LogP contribution in [0.15, 0.2) is 18.3 Å². The van der Waals surface area contributed by atoms with E-state index in [1.807, 2.05) is 0 Å². The zero-order chi connectivity index (χ0) is 13.9. The molecule has 110 valence electrons. The van der Waals surface area contributed by atoms with Crippen LogP contribution in [-0.4, -0.2) is 46.9 Å². The van der Waals surface area contributed by atoms with Gasteiger partial charge in [0, 0.05) is 25.0 Å². The smallest absolute Gasteiger partial charge is 0.141 e. The average Bonchev–Trinajstić information content (AvgIpc) is 2.88. The molecule has 1 aliphatic heterocycles. The molecule has 1 aromatic rings. The molecule has 1 aromatic heterocycles. The topological polar surface area (TPSA) is 45.6 Å². The summed E-state index contributed by atoms with van der Waals surface area (Å²) in [5, 5.41) is 10.1. The number of rotatable bonds is 3. The van der Waals surface area contributed by atoms with E-state index in [4.69, 9.17) is 4.74 Å². The minimum atomic E-state index is -0.307. The van der Waals surface area contributed by atoms with E-state index in [0.29, 0.717) is 19.8 Å². The van der Waals surface area contributed by atoms with Gasteiger partial charge in [0.2, 0.25) is 0 Å². The van der Waals surface area contributed by atoms with Crippen molar-refractivity contribution < 1.29 is 14.2 Å². The zero-order valence-corrected chi connectivity index (χ0v) is 11.5. The molecule has 0 bridgehead atoms. The molecule has 0 radical (unpaired) electrons. The van der Waals surface area contributed by atoms with Gasteiger partial charge in [0.05, 0.1) is 31.2 Å². The number of aliphatic hydroxyl groups excluding tert-OH is 1. The summed E-state index contributed by atoms with van der Waals surface area (Å²) >= 11 is 0. The lowest BCUT2D eigenvalue weighted by atomic mass is 9.94. The SMILES string of the molecule is O[C@@H]1CCC[C@@H]1[C@@H]1COCCN1Cc1ccc(F)cn1. The van der Waals surface area contributed by atoms with E-state index in [1.165, 1.54) is 12.3 Å². The summed E-state index contributed by atoms with van der Waals surface area (Å²) in [6.07, 6.45) is 4.08. The molecule has 20 heavy (non-hydrogen) atoms. The maximum absolute atomic E-state index is 12.9. The molecule has 3 rings (SSSR count). The third-order valence-electron chi connectivity index (χ3n) is 4.46. The largest absolute Gasteiger partial charge is 0.393 e. The molecule has 1 saturated heterocycles. The van der Waals surface area contributed by atoms with Crippen LogP contribution < -0.4 is 0 Å². The highest BCUT2D eigenvalue weighted by molar-refractivity contribution is 5.06. The highest BCUT2D eigenvalue weighted by atomic mass is 19.1. The second-order valence-corrected chi connectivity index (χ2v) is 5.74. The fourth-order valence-corrected chi connectivity index (χ4v) is 3.37. The Kier molecular flexibility index (Phi) is 4.29. The molecular weight excluding hydrogens is 259 g/mol. The van der Waals surface area contributed by atoms with E-state index in [9.17, 15) is 9.50 Å². The summed E-state index contributed by atoms with van der Waals surface area (Å²) < 4.78 is 18.5. The van der Waals surface area contributed by atoms with Crippen LogP contribution >= 0.6 is 0 Å². The Bertz CT molecular complexity index is 440. The van der Waals surface area contributed by atoms with Crippen molar-refractivity contribution in [3.63, 3.8) is 0 Å². The highest BCUT2D eigenvalue weighted by Gasteiger charge is 2.37. The van der Waals surface area contributed by atoms with Gasteiger partial charge >= 0.3 is 0 Å². The number of nitrogens with zero attached hydrogens (tertiary/aromatic N) is 2. The number of pyridine rings is 1. The van der Waals surface area contributed by atoms with Crippen molar-refractivity contribution in [2.75, 3.05) is 19.8 Å². The Morgan fingerprint density at radius 2 is 2.30 bits per heavy atom. The lowest BCUT2D eigenvalue weighted by Gasteiger charge is -2.39. The second kappa shape index (κ2) is 6.16. The van der Waals surface area contributed by atoms with Crippen LogP contribution in [-0.2, 0) is 11.3 Å². The zero-order valence-electron chi connectivity index (χ0n) is 11.5. The molecule has 1 saturated carbocycles. The van der Waals surface area contributed by atoms with E-state index in [2.05, 4.69) is 9.88 Å². The Labute approximate surface area is 118 Å². The van der Waals surface area contributed by atoms with Crippen LogP contribution in [0.2, 0.25) is 0 Å². The first-order valence-electron chi connectivity index (χ1n) is 7.34. The van der Waals surface area contributed by atoms with Crippen molar-refractivity contribution in [3.8, 4) is 0 Å². The summed E-state index contributed by atoms with van der Waals surface area (Å²) in [6.45, 7) is 2.91. The van der Waals surface area contributed by atoms with Gasteiger partial charge in [-0.15, -0.1) is 0 Å². The normalized spacial score (nSPS) is 31.6. The summed E-state index contributed by atoms with van der Waals surface area (Å²) in [5.74, 6) is -0.0192. The molecule has 0 amide bonds. The molecule has 1 N–H and O–H groups in total. The summed E-state index contributed by atoms with van der Waals surface area (Å²) in [7, 11) is 0. The number of ether oxygens (including phenoxy) is 1. The standard InChI is InChI=1S/C15H21FN2O2/c16-11-4-5-12(17-8-11)9-18-6-7-20-10-14(18)13-2-1-3-15(13)19/h4-5,8,13-15,19H,1-3,6-7,9-10H2/t13-,14+,15-/m1/s1. The number of morpholine rings is 1. The van der Waals surface area contributed by atoms with Gasteiger partial charge in [0.1, 0.15) is 5.82 Å². The molecule has 0 spiro atoms. The van der Waals surface area contributed by atoms with E-state index in [0.717, 1.165) is 31.5 Å². The van der Waals surface area contributed by atoms with Gasteiger partial charge in [-0.25, -0.2) is 4.39 Å². The quantitative estimate of drug-likeness (QED) is 0.913. The lowest BCUT2D eigenvalue weighted by Crippen LogP contribution is -2.50. The van der Waals surface area contributed by atoms with Gasteiger partial charge in [-0.05, 0) is 25.0 Å². The van der Waals surface area contributed by atoms with Crippen molar-refractivity contribution in [1.82, 2.24) is 9.88 Å². The Morgan fingerprint density at radius 3 is 3.00 bits per heavy atom. The Hall–Kier alpha value is -1.04. The second-order valence-electron chi connectivity index (χ2n) is 5.74. The van der Waals surface area contributed by atoms with Crippen molar-refractivity contribution in [2.45, 2.75) is 38.0 Å². The van der Waals surface area contributed by atoms with Crippen LogP contribution in [0.1, 0.15) is 25.0 Å². The molecule has 1 aliphatic carbocycles. The number of hydrogen-bond donors (Lipinski definition) is 1. The van der Waals surface area contributed by atoms with Crippen LogP contribution in [0.3, 0.4) is 0 Å². The number of hydrogen-bond acceptors (Lipinski definition) is 4. The van der Waals surface area contributed by atoms with Crippen molar-refractivity contribution >= 4 is 0 Å². The number of aliphatic hydroxyl groups is 1. The number of aromatic nitrogens is 1. The van der Waals surface area contributed by atoms with Gasteiger partial charge in [-0.3, -0.25) is 9.88 Å². The van der Waals surface area contributed by atoms with Crippen LogP contribution in [0.5, 0.6) is 0 Å². The fraction of sp³-hybridized carbons (Fsp3) is 0.667. The van der Waals surface area contributed by atoms with E-state index in [-0.39, 0.29) is 23.9 Å². The van der Waals surface area contributed by atoms with Crippen molar-refractivity contribution in [3.05, 3.63) is 29.8 Å². The maximum Gasteiger partial charge on any atom is 0.141 e. The Balaban J connectivity index is 1.70. The molecule has 0 unspecified atom stereocenters. The first-order chi connectivity index (χ1) is 9.74. The molecule has 0 aromatic carbocycles. The minimum absolute atomic E-state index is 0.217. The molecule has 2 fully saturated rings. The summed E-state index contributed by atoms with van der Waals surface area (Å²) in [4.78, 5) is 6.45. The first-order valence-corrected chi connectivity index (χ1v) is 7.34. The summed E-state index contributed by atoms with van der Waals surface area (Å²) in [5.41, 5.74) is 0.866. The van der Waals surface area contributed by atoms with Gasteiger partial charge in [0.15, 0.2) is 0 Å². The third-order valence-corrected chi connectivity index (χ3v) is 4.46.